The van der Waals surface area contributed by atoms with Crippen molar-refractivity contribution in [2.24, 2.45) is 17.0 Å². The van der Waals surface area contributed by atoms with Crippen LogP contribution in [0.3, 0.4) is 0 Å². The first-order valence-corrected chi connectivity index (χ1v) is 15.7. The molecule has 2 heterocycles. The Morgan fingerprint density at radius 2 is 1.51 bits per heavy atom. The summed E-state index contributed by atoms with van der Waals surface area (Å²) >= 11 is 3.79. The van der Waals surface area contributed by atoms with Crippen LogP contribution in [0, 0.1) is 11.8 Å². The number of benzene rings is 3. The monoisotopic (exact) mass is 559 g/mol. The standard InChI is InChI=1S/C32H37N3O2S2/c1-21-15-22(2)20-35(19-21)39-27-8-10-29-28-9-7-26(17-30(28)32(33-36)31(29)18-27)38-25-11-13-34(14-12-25)23-5-4-6-24(16-23)37-3/h4-10,16-18,21-22,25,36H,11-15,19-20H2,1-3H3/b33-32-/t21-,22?/m0/s1. The molecule has 5 nitrogen and oxygen atoms in total. The molecule has 204 valence electrons. The highest BCUT2D eigenvalue weighted by Crippen LogP contribution is 2.42. The molecule has 0 radical (unpaired) electrons. The van der Waals surface area contributed by atoms with E-state index in [1.54, 1.807) is 7.11 Å². The second-order valence-corrected chi connectivity index (χ2v) is 13.8. The average molecular weight is 560 g/mol. The zero-order valence-corrected chi connectivity index (χ0v) is 24.6. The van der Waals surface area contributed by atoms with Crippen LogP contribution in [0.15, 0.2) is 75.6 Å². The zero-order valence-electron chi connectivity index (χ0n) is 23.0. The molecule has 7 heteroatoms. The van der Waals surface area contributed by atoms with Gasteiger partial charge in [0.15, 0.2) is 0 Å². The number of piperidine rings is 2. The van der Waals surface area contributed by atoms with E-state index in [4.69, 9.17) is 4.74 Å². The van der Waals surface area contributed by atoms with Crippen LogP contribution in [0.1, 0.15) is 44.2 Å². The number of anilines is 1. The van der Waals surface area contributed by atoms with E-state index in [0.717, 1.165) is 78.9 Å². The van der Waals surface area contributed by atoms with E-state index in [1.165, 1.54) is 21.9 Å². The summed E-state index contributed by atoms with van der Waals surface area (Å²) in [6.45, 7) is 9.01. The summed E-state index contributed by atoms with van der Waals surface area (Å²) in [6.07, 6.45) is 3.57. The van der Waals surface area contributed by atoms with Crippen molar-refractivity contribution in [3.63, 3.8) is 0 Å². The minimum Gasteiger partial charge on any atom is -0.497 e. The Bertz CT molecular complexity index is 1360. The van der Waals surface area contributed by atoms with Gasteiger partial charge in [-0.2, -0.15) is 0 Å². The number of ether oxygens (including phenoxy) is 1. The van der Waals surface area contributed by atoms with Crippen LogP contribution in [0.5, 0.6) is 5.75 Å². The molecule has 2 aliphatic heterocycles. The second-order valence-electron chi connectivity index (χ2n) is 11.3. The third-order valence-corrected chi connectivity index (χ3v) is 10.5. The fourth-order valence-corrected chi connectivity index (χ4v) is 8.77. The molecule has 0 bridgehead atoms. The van der Waals surface area contributed by atoms with Crippen LogP contribution in [-0.2, 0) is 0 Å². The van der Waals surface area contributed by atoms with E-state index in [1.807, 2.05) is 29.8 Å². The first-order chi connectivity index (χ1) is 19.0. The van der Waals surface area contributed by atoms with Crippen molar-refractivity contribution in [1.82, 2.24) is 4.31 Å². The quantitative estimate of drug-likeness (QED) is 0.149. The Morgan fingerprint density at radius 3 is 2.18 bits per heavy atom. The van der Waals surface area contributed by atoms with Crippen molar-refractivity contribution in [2.45, 2.75) is 48.2 Å². The Kier molecular flexibility index (Phi) is 7.83. The van der Waals surface area contributed by atoms with E-state index < -0.39 is 0 Å². The maximum absolute atomic E-state index is 10.1. The first-order valence-electron chi connectivity index (χ1n) is 14.0. The number of hydrogen-bond donors (Lipinski definition) is 1. The molecule has 0 spiro atoms. The van der Waals surface area contributed by atoms with Crippen molar-refractivity contribution in [3.05, 3.63) is 71.8 Å². The normalized spacial score (nSPS) is 22.6. The summed E-state index contributed by atoms with van der Waals surface area (Å²) in [4.78, 5) is 4.91. The molecule has 0 aromatic heterocycles. The summed E-state index contributed by atoms with van der Waals surface area (Å²) in [7, 11) is 1.72. The van der Waals surface area contributed by atoms with Crippen molar-refractivity contribution in [1.29, 1.82) is 0 Å². The molecule has 2 fully saturated rings. The Morgan fingerprint density at radius 1 is 0.846 bits per heavy atom. The van der Waals surface area contributed by atoms with Crippen LogP contribution in [0.2, 0.25) is 0 Å². The van der Waals surface area contributed by atoms with Crippen LogP contribution in [-0.4, -0.2) is 53.8 Å². The van der Waals surface area contributed by atoms with Gasteiger partial charge >= 0.3 is 0 Å². The Labute approximate surface area is 240 Å². The summed E-state index contributed by atoms with van der Waals surface area (Å²) < 4.78 is 7.90. The summed E-state index contributed by atoms with van der Waals surface area (Å²) in [5, 5.41) is 14.4. The minimum absolute atomic E-state index is 0.570. The molecule has 39 heavy (non-hydrogen) atoms. The van der Waals surface area contributed by atoms with Gasteiger partial charge in [0.25, 0.3) is 0 Å². The highest BCUT2D eigenvalue weighted by molar-refractivity contribution is 8.00. The number of rotatable bonds is 6. The lowest BCUT2D eigenvalue weighted by molar-refractivity contribution is 0.237. The lowest BCUT2D eigenvalue weighted by Gasteiger charge is -2.33. The van der Waals surface area contributed by atoms with Crippen molar-refractivity contribution in [2.75, 3.05) is 38.2 Å². The molecule has 2 saturated heterocycles. The van der Waals surface area contributed by atoms with E-state index in [2.05, 4.69) is 82.8 Å². The number of thioether (sulfide) groups is 1. The number of fused-ring (bicyclic) bond motifs is 3. The van der Waals surface area contributed by atoms with Crippen LogP contribution in [0.25, 0.3) is 11.1 Å². The summed E-state index contributed by atoms with van der Waals surface area (Å²) in [5.74, 6) is 2.35. The minimum atomic E-state index is 0.570. The van der Waals surface area contributed by atoms with Crippen molar-refractivity contribution in [3.8, 4) is 16.9 Å². The molecule has 6 rings (SSSR count). The van der Waals surface area contributed by atoms with Gasteiger partial charge in [0, 0.05) is 64.1 Å². The number of nitrogens with zero attached hydrogens (tertiary/aromatic N) is 3. The van der Waals surface area contributed by atoms with Crippen LogP contribution < -0.4 is 9.64 Å². The molecular weight excluding hydrogens is 523 g/mol. The molecule has 3 aliphatic rings. The molecular formula is C32H37N3O2S2. The predicted molar refractivity (Wildman–Crippen MR) is 164 cm³/mol. The summed E-state index contributed by atoms with van der Waals surface area (Å²) in [6, 6.07) is 21.7. The van der Waals surface area contributed by atoms with E-state index >= 15 is 0 Å². The SMILES string of the molecule is COc1cccc(N2CCC(Sc3ccc4c(c3)/C(=N/O)c3cc(SN5CC(C)C[C@H](C)C5)ccc3-4)CC2)c1. The van der Waals surface area contributed by atoms with E-state index in [0.29, 0.717) is 11.0 Å². The maximum Gasteiger partial charge on any atom is 0.120 e. The van der Waals surface area contributed by atoms with Gasteiger partial charge in [-0.3, -0.25) is 0 Å². The highest BCUT2D eigenvalue weighted by Gasteiger charge is 2.29. The zero-order chi connectivity index (χ0) is 26.9. The maximum atomic E-state index is 10.1. The second kappa shape index (κ2) is 11.5. The fraction of sp³-hybridized carbons (Fsp3) is 0.406. The molecule has 1 unspecified atom stereocenters. The van der Waals surface area contributed by atoms with Crippen molar-refractivity contribution >= 4 is 35.1 Å². The smallest absolute Gasteiger partial charge is 0.120 e. The largest absolute Gasteiger partial charge is 0.497 e. The van der Waals surface area contributed by atoms with Gasteiger partial charge in [0.1, 0.15) is 11.5 Å². The van der Waals surface area contributed by atoms with Gasteiger partial charge in [0.05, 0.1) is 7.11 Å². The molecule has 1 N–H and O–H groups in total. The van der Waals surface area contributed by atoms with Crippen LogP contribution >= 0.6 is 23.7 Å². The highest BCUT2D eigenvalue weighted by atomic mass is 32.2. The lowest BCUT2D eigenvalue weighted by Crippen LogP contribution is -2.34. The van der Waals surface area contributed by atoms with Gasteiger partial charge in [0.2, 0.25) is 0 Å². The number of methoxy groups -OCH3 is 1. The van der Waals surface area contributed by atoms with Gasteiger partial charge in [-0.1, -0.05) is 37.2 Å². The predicted octanol–water partition coefficient (Wildman–Crippen LogP) is 7.65. The van der Waals surface area contributed by atoms with E-state index in [-0.39, 0.29) is 0 Å². The van der Waals surface area contributed by atoms with Gasteiger partial charge < -0.3 is 14.8 Å². The van der Waals surface area contributed by atoms with Gasteiger partial charge in [-0.25, -0.2) is 4.31 Å². The topological polar surface area (TPSA) is 48.3 Å². The summed E-state index contributed by atoms with van der Waals surface area (Å²) in [5.41, 5.74) is 6.31. The molecule has 3 aromatic rings. The van der Waals surface area contributed by atoms with Gasteiger partial charge in [-0.05, 0) is 90.6 Å². The van der Waals surface area contributed by atoms with Gasteiger partial charge in [-0.15, -0.1) is 11.8 Å². The fourth-order valence-electron chi connectivity index (χ4n) is 6.35. The third-order valence-electron chi connectivity index (χ3n) is 8.12. The third kappa shape index (κ3) is 5.67. The first kappa shape index (κ1) is 26.6. The Balaban J connectivity index is 1.13. The molecule has 0 amide bonds. The molecule has 2 atom stereocenters. The molecule has 3 aromatic carbocycles. The van der Waals surface area contributed by atoms with E-state index in [9.17, 15) is 5.21 Å². The number of hydrogen-bond acceptors (Lipinski definition) is 7. The lowest BCUT2D eigenvalue weighted by atomic mass is 9.94. The average Bonchev–Trinajstić information content (AvgIpc) is 3.25. The molecule has 1 aliphatic carbocycles. The molecule has 0 saturated carbocycles. The Hall–Kier alpha value is -2.61. The van der Waals surface area contributed by atoms with Crippen LogP contribution in [0.4, 0.5) is 5.69 Å². The number of oxime groups is 1. The van der Waals surface area contributed by atoms with Crippen molar-refractivity contribution < 1.29 is 9.94 Å².